The second-order valence-corrected chi connectivity index (χ2v) is 11.4. The van der Waals surface area contributed by atoms with Gasteiger partial charge in [0.25, 0.3) is 0 Å². The number of hydrogen-bond acceptors (Lipinski definition) is 6. The molecule has 0 bridgehead atoms. The number of ether oxygens (including phenoxy) is 1. The lowest BCUT2D eigenvalue weighted by Crippen LogP contribution is -2.36. The molecule has 8 heteroatoms. The number of rotatable bonds is 12. The second-order valence-electron chi connectivity index (χ2n) is 11.4. The number of fused-ring (bicyclic) bond motifs is 1. The summed E-state index contributed by atoms with van der Waals surface area (Å²) >= 11 is 0. The number of imidazole rings is 1. The SMILES string of the molecule is CCC(=O)CCCCC[C@H](NC(=O)[C@H]1CC12CCN(C)CC2)c1ncc(-c2cc(OC)c3ccccc3n2)[nH]1. The van der Waals surface area contributed by atoms with E-state index in [0.29, 0.717) is 18.6 Å². The molecular weight excluding hydrogens is 490 g/mol. The van der Waals surface area contributed by atoms with Crippen LogP contribution in [0.25, 0.3) is 22.3 Å². The van der Waals surface area contributed by atoms with Crippen LogP contribution in [0.4, 0.5) is 0 Å². The summed E-state index contributed by atoms with van der Waals surface area (Å²) in [5.41, 5.74) is 2.58. The number of carbonyl (C=O) groups is 2. The Labute approximate surface area is 230 Å². The fraction of sp³-hybridized carbons (Fsp3) is 0.548. The van der Waals surface area contributed by atoms with Crippen molar-refractivity contribution in [3.63, 3.8) is 0 Å². The Morgan fingerprint density at radius 2 is 2.00 bits per heavy atom. The van der Waals surface area contributed by atoms with Crippen molar-refractivity contribution in [3.8, 4) is 17.1 Å². The van der Waals surface area contributed by atoms with Crippen molar-refractivity contribution in [2.45, 2.75) is 70.8 Å². The monoisotopic (exact) mass is 531 g/mol. The molecular formula is C31H41N5O3. The molecule has 208 valence electrons. The molecule has 2 atom stereocenters. The molecule has 2 aromatic heterocycles. The van der Waals surface area contributed by atoms with Crippen LogP contribution in [-0.4, -0.2) is 58.8 Å². The third-order valence-corrected chi connectivity index (χ3v) is 8.75. The van der Waals surface area contributed by atoms with E-state index in [1.807, 2.05) is 37.3 Å². The first-order valence-electron chi connectivity index (χ1n) is 14.4. The van der Waals surface area contributed by atoms with Crippen LogP contribution in [0.15, 0.2) is 36.5 Å². The molecule has 8 nitrogen and oxygen atoms in total. The van der Waals surface area contributed by atoms with Gasteiger partial charge in [0.15, 0.2) is 0 Å². The van der Waals surface area contributed by atoms with Gasteiger partial charge in [-0.25, -0.2) is 9.97 Å². The third kappa shape index (κ3) is 6.16. The molecule has 1 aliphatic heterocycles. The van der Waals surface area contributed by atoms with Crippen LogP contribution < -0.4 is 10.1 Å². The van der Waals surface area contributed by atoms with E-state index in [1.165, 1.54) is 0 Å². The van der Waals surface area contributed by atoms with Gasteiger partial charge < -0.3 is 19.9 Å². The van der Waals surface area contributed by atoms with Crippen molar-refractivity contribution < 1.29 is 14.3 Å². The molecule has 0 radical (unpaired) electrons. The zero-order valence-corrected chi connectivity index (χ0v) is 23.5. The van der Waals surface area contributed by atoms with E-state index >= 15 is 0 Å². The maximum Gasteiger partial charge on any atom is 0.224 e. The lowest BCUT2D eigenvalue weighted by molar-refractivity contribution is -0.124. The highest BCUT2D eigenvalue weighted by Gasteiger charge is 2.58. The van der Waals surface area contributed by atoms with Gasteiger partial charge in [0, 0.05) is 30.2 Å². The maximum absolute atomic E-state index is 13.4. The second kappa shape index (κ2) is 11.9. The average molecular weight is 532 g/mol. The summed E-state index contributed by atoms with van der Waals surface area (Å²) in [6.07, 6.45) is 9.73. The lowest BCUT2D eigenvalue weighted by atomic mass is 9.91. The molecule has 3 heterocycles. The first-order valence-corrected chi connectivity index (χ1v) is 14.4. The van der Waals surface area contributed by atoms with Gasteiger partial charge in [0.2, 0.25) is 5.91 Å². The highest BCUT2D eigenvalue weighted by molar-refractivity contribution is 5.87. The normalized spacial score (nSPS) is 19.2. The fourth-order valence-electron chi connectivity index (χ4n) is 6.00. The highest BCUT2D eigenvalue weighted by atomic mass is 16.5. The zero-order chi connectivity index (χ0) is 27.4. The summed E-state index contributed by atoms with van der Waals surface area (Å²) in [7, 11) is 3.82. The average Bonchev–Trinajstić information content (AvgIpc) is 3.43. The summed E-state index contributed by atoms with van der Waals surface area (Å²) in [5.74, 6) is 2.06. The Hall–Kier alpha value is -3.26. The summed E-state index contributed by atoms with van der Waals surface area (Å²) in [6.45, 7) is 4.04. The van der Waals surface area contributed by atoms with Crippen LogP contribution >= 0.6 is 0 Å². The number of nitrogens with zero attached hydrogens (tertiary/aromatic N) is 3. The number of Topliss-reactive ketones (excluding diaryl/α,β-unsaturated/α-hetero) is 1. The smallest absolute Gasteiger partial charge is 0.224 e. The third-order valence-electron chi connectivity index (χ3n) is 8.75. The molecule has 2 fully saturated rings. The summed E-state index contributed by atoms with van der Waals surface area (Å²) in [4.78, 5) is 40.5. The van der Waals surface area contributed by atoms with E-state index in [0.717, 1.165) is 91.9 Å². The van der Waals surface area contributed by atoms with Gasteiger partial charge in [-0.1, -0.05) is 31.9 Å². The quantitative estimate of drug-likeness (QED) is 0.301. The number of unbranched alkanes of at least 4 members (excludes halogenated alkanes) is 2. The van der Waals surface area contributed by atoms with E-state index in [9.17, 15) is 9.59 Å². The fourth-order valence-corrected chi connectivity index (χ4v) is 6.00. The van der Waals surface area contributed by atoms with Crippen LogP contribution in [0.1, 0.15) is 76.6 Å². The molecule has 1 saturated heterocycles. The summed E-state index contributed by atoms with van der Waals surface area (Å²) < 4.78 is 5.63. The number of ketones is 1. The molecule has 2 N–H and O–H groups in total. The Morgan fingerprint density at radius 3 is 2.77 bits per heavy atom. The van der Waals surface area contributed by atoms with E-state index in [2.05, 4.69) is 22.2 Å². The minimum atomic E-state index is -0.209. The van der Waals surface area contributed by atoms with Gasteiger partial charge in [0.05, 0.1) is 36.3 Å². The van der Waals surface area contributed by atoms with Crippen molar-refractivity contribution in [1.82, 2.24) is 25.2 Å². The molecule has 1 amide bonds. The molecule has 3 aromatic rings. The molecule has 2 aliphatic rings. The van der Waals surface area contributed by atoms with Crippen LogP contribution in [0.3, 0.4) is 0 Å². The van der Waals surface area contributed by atoms with Crippen molar-refractivity contribution in [2.75, 3.05) is 27.2 Å². The Bertz CT molecular complexity index is 1310. The number of carbonyl (C=O) groups excluding carboxylic acids is 2. The van der Waals surface area contributed by atoms with Gasteiger partial charge >= 0.3 is 0 Å². The Morgan fingerprint density at radius 1 is 1.21 bits per heavy atom. The number of pyridine rings is 1. The molecule has 39 heavy (non-hydrogen) atoms. The minimum Gasteiger partial charge on any atom is -0.496 e. The molecule has 1 spiro atoms. The van der Waals surface area contributed by atoms with Crippen LogP contribution in [-0.2, 0) is 9.59 Å². The predicted molar refractivity (Wildman–Crippen MR) is 152 cm³/mol. The van der Waals surface area contributed by atoms with Gasteiger partial charge in [-0.2, -0.15) is 0 Å². The number of aromatic amines is 1. The molecule has 1 aliphatic carbocycles. The number of nitrogens with one attached hydrogen (secondary N) is 2. The first kappa shape index (κ1) is 27.3. The van der Waals surface area contributed by atoms with Gasteiger partial charge in [0.1, 0.15) is 17.4 Å². The van der Waals surface area contributed by atoms with Crippen molar-refractivity contribution in [1.29, 1.82) is 0 Å². The predicted octanol–water partition coefficient (Wildman–Crippen LogP) is 5.45. The van der Waals surface area contributed by atoms with Crippen molar-refractivity contribution in [2.24, 2.45) is 11.3 Å². The molecule has 1 aromatic carbocycles. The number of amides is 1. The Kier molecular flexibility index (Phi) is 8.31. The van der Waals surface area contributed by atoms with Gasteiger partial charge in [-0.15, -0.1) is 0 Å². The highest BCUT2D eigenvalue weighted by Crippen LogP contribution is 2.59. The summed E-state index contributed by atoms with van der Waals surface area (Å²) in [6, 6.07) is 9.62. The number of hydrogen-bond donors (Lipinski definition) is 2. The number of benzene rings is 1. The van der Waals surface area contributed by atoms with E-state index in [1.54, 1.807) is 13.3 Å². The van der Waals surface area contributed by atoms with Crippen molar-refractivity contribution in [3.05, 3.63) is 42.4 Å². The topological polar surface area (TPSA) is 100 Å². The van der Waals surface area contributed by atoms with Crippen LogP contribution in [0.5, 0.6) is 5.75 Å². The van der Waals surface area contributed by atoms with Gasteiger partial charge in [-0.3, -0.25) is 9.59 Å². The molecule has 5 rings (SSSR count). The first-order chi connectivity index (χ1) is 18.9. The summed E-state index contributed by atoms with van der Waals surface area (Å²) in [5, 5.41) is 4.31. The zero-order valence-electron chi connectivity index (χ0n) is 23.5. The van der Waals surface area contributed by atoms with E-state index in [4.69, 9.17) is 14.7 Å². The Balaban J connectivity index is 1.31. The number of para-hydroxylation sites is 1. The number of H-pyrrole nitrogens is 1. The van der Waals surface area contributed by atoms with E-state index < -0.39 is 0 Å². The number of likely N-dealkylation sites (tertiary alicyclic amines) is 1. The van der Waals surface area contributed by atoms with Gasteiger partial charge in [-0.05, 0) is 69.8 Å². The molecule has 0 unspecified atom stereocenters. The number of piperidine rings is 1. The minimum absolute atomic E-state index is 0.0942. The largest absolute Gasteiger partial charge is 0.496 e. The van der Waals surface area contributed by atoms with Crippen LogP contribution in [0, 0.1) is 11.3 Å². The lowest BCUT2D eigenvalue weighted by Gasteiger charge is -2.30. The van der Waals surface area contributed by atoms with Crippen LogP contribution in [0.2, 0.25) is 0 Å². The number of aromatic nitrogens is 3. The van der Waals surface area contributed by atoms with Crippen molar-refractivity contribution >= 4 is 22.6 Å². The maximum atomic E-state index is 13.4. The molecule has 1 saturated carbocycles. The standard InChI is InChI=1S/C31H41N5O3/c1-4-21(37)10-6-5-7-13-25(35-30(38)23-19-31(23)14-16-36(2)17-15-31)29-32-20-27(34-29)26-18-28(39-3)22-11-8-9-12-24(22)33-26/h8-9,11-12,18,20,23,25H,4-7,10,13-17,19H2,1-3H3,(H,32,34)(H,35,38)/t23-,25+/m1/s1. The number of methoxy groups -OCH3 is 1. The van der Waals surface area contributed by atoms with E-state index in [-0.39, 0.29) is 23.3 Å².